The van der Waals surface area contributed by atoms with Crippen LogP contribution in [0.1, 0.15) is 34.1 Å². The van der Waals surface area contributed by atoms with Crippen LogP contribution in [0.2, 0.25) is 0 Å². The van der Waals surface area contributed by atoms with Crippen LogP contribution >= 0.6 is 0 Å². The fourth-order valence-electron chi connectivity index (χ4n) is 0.557. The normalized spacial score (nSPS) is 14.0. The first-order valence-electron chi connectivity index (χ1n) is 8.49. The summed E-state index contributed by atoms with van der Waals surface area (Å²) in [6.45, 7) is 1.33. The molecule has 0 saturated carbocycles. The van der Waals surface area contributed by atoms with Crippen LogP contribution in [-0.2, 0) is 0 Å². The van der Waals surface area contributed by atoms with E-state index in [1.165, 1.54) is 0 Å². The molecule has 0 bridgehead atoms. The fraction of sp³-hybridized carbons (Fsp3) is 1.00. The van der Waals surface area contributed by atoms with E-state index in [0.717, 1.165) is 6.92 Å². The lowest BCUT2D eigenvalue weighted by atomic mass is 10.2. The Kier molecular flexibility index (Phi) is 16.1. The highest BCUT2D eigenvalue weighted by atomic mass is 19.4. The molecule has 0 aromatic heterocycles. The second-order valence-electron chi connectivity index (χ2n) is 6.38. The van der Waals surface area contributed by atoms with Gasteiger partial charge in [-0.2, -0.15) is 92.2 Å². The molecule has 21 heteroatoms. The minimum Gasteiger partial charge on any atom is -0.171 e. The molecule has 0 aliphatic rings. The molecule has 0 aromatic rings. The summed E-state index contributed by atoms with van der Waals surface area (Å²) in [6, 6.07) is 0. The van der Waals surface area contributed by atoms with Gasteiger partial charge in [-0.1, -0.05) is 6.92 Å². The molecule has 0 atom stereocenters. The van der Waals surface area contributed by atoms with Gasteiger partial charge in [-0.25, -0.2) is 0 Å². The second kappa shape index (κ2) is 13.9. The Hall–Kier alpha value is -1.47. The quantitative estimate of drug-likeness (QED) is 0.244. The van der Waals surface area contributed by atoms with Crippen LogP contribution in [-0.4, -0.2) is 43.2 Å². The van der Waals surface area contributed by atoms with E-state index < -0.39 is 67.4 Å². The highest BCUT2D eigenvalue weighted by Gasteiger charge is 2.54. The Balaban J connectivity index is -0.000000193. The minimum atomic E-state index is -5.18. The lowest BCUT2D eigenvalue weighted by molar-refractivity contribution is -0.279. The smallest absolute Gasteiger partial charge is 0.171 e. The minimum absolute atomic E-state index is 0.0833. The molecule has 0 saturated heterocycles. The van der Waals surface area contributed by atoms with Gasteiger partial charge in [0.25, 0.3) is 0 Å². The van der Waals surface area contributed by atoms with Gasteiger partial charge in [-0.15, -0.1) is 0 Å². The van der Waals surface area contributed by atoms with Crippen molar-refractivity contribution in [3.05, 3.63) is 0 Å². The Bertz CT molecular complexity index is 448. The van der Waals surface area contributed by atoms with E-state index in [1.54, 1.807) is 0 Å². The molecular weight excluding hydrogens is 579 g/mol. The third-order valence-corrected chi connectivity index (χ3v) is 3.35. The van der Waals surface area contributed by atoms with E-state index in [4.69, 9.17) is 0 Å². The average Bonchev–Trinajstić information content (AvgIpc) is 2.56. The van der Waals surface area contributed by atoms with E-state index in [9.17, 15) is 92.2 Å². The van der Waals surface area contributed by atoms with Crippen LogP contribution in [0.5, 0.6) is 0 Å². The highest BCUT2D eigenvalue weighted by molar-refractivity contribution is 4.70. The van der Waals surface area contributed by atoms with Crippen molar-refractivity contribution in [2.45, 2.75) is 77.3 Å². The molecule has 224 valence electrons. The Morgan fingerprint density at radius 1 is 0.333 bits per heavy atom. The zero-order valence-corrected chi connectivity index (χ0v) is 17.9. The number of hydrogen-bond donors (Lipinski definition) is 0. The lowest BCUT2D eigenvalue weighted by Gasteiger charge is -2.17. The van der Waals surface area contributed by atoms with Gasteiger partial charge in [-0.05, 0) is 20.8 Å². The summed E-state index contributed by atoms with van der Waals surface area (Å²) >= 11 is 0. The molecule has 36 heavy (non-hydrogen) atoms. The van der Waals surface area contributed by atoms with Crippen molar-refractivity contribution in [3.8, 4) is 0 Å². The molecule has 0 unspecified atom stereocenters. The first kappa shape index (κ1) is 41.6. The molecule has 0 nitrogen and oxygen atoms in total. The lowest BCUT2D eigenvalue weighted by Crippen LogP contribution is -2.33. The van der Waals surface area contributed by atoms with Gasteiger partial charge in [0.05, 0.1) is 0 Å². The zero-order chi connectivity index (χ0) is 30.9. The molecule has 0 aliphatic carbocycles. The van der Waals surface area contributed by atoms with Crippen LogP contribution in [0, 0.1) is 17.8 Å². The van der Waals surface area contributed by atoms with Crippen LogP contribution in [0.3, 0.4) is 0 Å². The standard InChI is InChI=1S/3C4H4F6.C3H5F3/c3*1-2(3(5,6)7)4(8,9)10;1-2-3(4,5)6/h3*2H,1H3;2H2,1H3. The van der Waals surface area contributed by atoms with Gasteiger partial charge in [0.1, 0.15) is 17.8 Å². The van der Waals surface area contributed by atoms with Gasteiger partial charge >= 0.3 is 43.2 Å². The third kappa shape index (κ3) is 23.0. The van der Waals surface area contributed by atoms with Gasteiger partial charge in [0, 0.05) is 6.42 Å². The summed E-state index contributed by atoms with van der Waals surface area (Å²) in [7, 11) is 0. The predicted molar refractivity (Wildman–Crippen MR) is 80.2 cm³/mol. The summed E-state index contributed by atoms with van der Waals surface area (Å²) in [5.74, 6) is -9.71. The van der Waals surface area contributed by atoms with Gasteiger partial charge in [-0.3, -0.25) is 0 Å². The van der Waals surface area contributed by atoms with Crippen molar-refractivity contribution in [1.29, 1.82) is 0 Å². The Labute approximate surface area is 188 Å². The third-order valence-electron chi connectivity index (χ3n) is 3.35. The maximum atomic E-state index is 11.2. The van der Waals surface area contributed by atoms with Crippen molar-refractivity contribution >= 4 is 0 Å². The van der Waals surface area contributed by atoms with Crippen molar-refractivity contribution < 1.29 is 92.2 Å². The zero-order valence-electron chi connectivity index (χ0n) is 17.9. The summed E-state index contributed by atoms with van der Waals surface area (Å²) in [5, 5.41) is 0. The van der Waals surface area contributed by atoms with Crippen molar-refractivity contribution in [3.63, 3.8) is 0 Å². The van der Waals surface area contributed by atoms with Crippen LogP contribution in [0.25, 0.3) is 0 Å². The molecule has 0 radical (unpaired) electrons. The summed E-state index contributed by atoms with van der Waals surface area (Å²) in [6.07, 6.45) is -35.8. The van der Waals surface area contributed by atoms with Crippen LogP contribution < -0.4 is 0 Å². The molecule has 0 heterocycles. The van der Waals surface area contributed by atoms with E-state index >= 15 is 0 Å². The Morgan fingerprint density at radius 3 is 0.417 bits per heavy atom. The van der Waals surface area contributed by atoms with Crippen molar-refractivity contribution in [1.82, 2.24) is 0 Å². The summed E-state index contributed by atoms with van der Waals surface area (Å²) < 4.78 is 234. The maximum Gasteiger partial charge on any atom is 0.400 e. The first-order valence-corrected chi connectivity index (χ1v) is 8.49. The predicted octanol–water partition coefficient (Wildman–Crippen LogP) is 10.2. The van der Waals surface area contributed by atoms with Gasteiger partial charge in [0.15, 0.2) is 0 Å². The molecule has 0 spiro atoms. The van der Waals surface area contributed by atoms with Crippen molar-refractivity contribution in [2.75, 3.05) is 0 Å². The van der Waals surface area contributed by atoms with E-state index in [2.05, 4.69) is 0 Å². The van der Waals surface area contributed by atoms with E-state index in [0.29, 0.717) is 0 Å². The van der Waals surface area contributed by atoms with E-state index in [1.807, 2.05) is 0 Å². The molecule has 0 aliphatic heterocycles. The number of alkyl halides is 21. The summed E-state index contributed by atoms with van der Waals surface area (Å²) in [5.41, 5.74) is 0. The highest BCUT2D eigenvalue weighted by Crippen LogP contribution is 2.40. The largest absolute Gasteiger partial charge is 0.400 e. The maximum absolute atomic E-state index is 11.2. The fourth-order valence-corrected chi connectivity index (χ4v) is 0.557. The number of halogens is 21. The summed E-state index contributed by atoms with van der Waals surface area (Å²) in [4.78, 5) is 0. The molecule has 0 aromatic carbocycles. The van der Waals surface area contributed by atoms with Gasteiger partial charge < -0.3 is 0 Å². The molecule has 0 N–H and O–H groups in total. The van der Waals surface area contributed by atoms with Crippen LogP contribution in [0.15, 0.2) is 0 Å². The first-order chi connectivity index (χ1) is 15.0. The monoisotopic (exact) mass is 596 g/mol. The molecule has 0 fully saturated rings. The van der Waals surface area contributed by atoms with Gasteiger partial charge in [0.2, 0.25) is 0 Å². The van der Waals surface area contributed by atoms with E-state index in [-0.39, 0.29) is 20.8 Å². The number of hydrogen-bond acceptors (Lipinski definition) is 0. The molecule has 0 rings (SSSR count). The Morgan fingerprint density at radius 2 is 0.417 bits per heavy atom. The van der Waals surface area contributed by atoms with Crippen LogP contribution in [0.4, 0.5) is 92.2 Å². The SMILES string of the molecule is CC(C(F)(F)F)C(F)(F)F.CC(C(F)(F)F)C(F)(F)F.CC(C(F)(F)F)C(F)(F)F.CCC(F)(F)F. The van der Waals surface area contributed by atoms with Crippen molar-refractivity contribution in [2.24, 2.45) is 17.8 Å². The second-order valence-corrected chi connectivity index (χ2v) is 6.38. The average molecular weight is 596 g/mol. The molecular formula is C15H17F21. The topological polar surface area (TPSA) is 0 Å². The molecule has 0 amide bonds. The number of rotatable bonds is 0.